The van der Waals surface area contributed by atoms with Gasteiger partial charge in [0.1, 0.15) is 0 Å². The van der Waals surface area contributed by atoms with E-state index in [1.165, 1.54) is 0 Å². The molecule has 0 aliphatic heterocycles. The van der Waals surface area contributed by atoms with Crippen LogP contribution in [0, 0.1) is 0 Å². The molecule has 60 heavy (non-hydrogen) atoms. The fourth-order valence-corrected chi connectivity index (χ4v) is 8.40. The van der Waals surface area contributed by atoms with Gasteiger partial charge in [0.2, 0.25) is 0 Å². The molecule has 0 unspecified atom stereocenters. The van der Waals surface area contributed by atoms with Crippen LogP contribution in [0.1, 0.15) is 0 Å². The summed E-state index contributed by atoms with van der Waals surface area (Å²) in [6.45, 7) is 0. The molecule has 0 atom stereocenters. The van der Waals surface area contributed by atoms with Crippen LogP contribution in [0.4, 0.5) is 0 Å². The maximum atomic E-state index is 5.28. The van der Waals surface area contributed by atoms with Crippen LogP contribution < -0.4 is 0 Å². The summed E-state index contributed by atoms with van der Waals surface area (Å²) >= 11 is 0. The molecule has 0 radical (unpaired) electrons. The predicted molar refractivity (Wildman–Crippen MR) is 251 cm³/mol. The van der Waals surface area contributed by atoms with Gasteiger partial charge in [0.15, 0.2) is 0 Å². The lowest BCUT2D eigenvalue weighted by Crippen LogP contribution is -1.98. The summed E-state index contributed by atoms with van der Waals surface area (Å²) in [6.07, 6.45) is 0. The van der Waals surface area contributed by atoms with Crippen LogP contribution in [-0.2, 0) is 0 Å². The maximum absolute atomic E-state index is 5.28. The molecule has 2 heterocycles. The summed E-state index contributed by atoms with van der Waals surface area (Å²) < 4.78 is 0. The summed E-state index contributed by atoms with van der Waals surface area (Å²) in [5.41, 5.74) is 19.5. The summed E-state index contributed by atoms with van der Waals surface area (Å²) in [7, 11) is 0. The monoisotopic (exact) mass is 764 g/mol. The minimum Gasteiger partial charge on any atom is -0.248 e. The first kappa shape index (κ1) is 36.4. The van der Waals surface area contributed by atoms with E-state index in [0.29, 0.717) is 0 Å². The van der Waals surface area contributed by atoms with Crippen molar-refractivity contribution >= 4 is 0 Å². The standard InChI is InChI=1S/C58H40N2/c1-5-21-41(22-6-1)45-33-17-35-51(47-29-13-15-31-49(47)55-39-19-37-53(59-55)43-25-9-3-10-26-43)57(45)58-46(42-23-7-2-8-24-42)34-18-36-52(58)48-30-14-16-32-50(48)56-40-20-38-54(60-56)44-27-11-4-12-28-44/h1-40H. The number of hydrogen-bond acceptors (Lipinski definition) is 2. The van der Waals surface area contributed by atoms with E-state index in [-0.39, 0.29) is 0 Å². The number of rotatable bonds is 9. The average molecular weight is 765 g/mol. The summed E-state index contributed by atoms with van der Waals surface area (Å²) in [4.78, 5) is 10.6. The Bertz CT molecular complexity index is 2850. The van der Waals surface area contributed by atoms with Crippen LogP contribution in [-0.4, -0.2) is 9.97 Å². The number of aromatic nitrogens is 2. The summed E-state index contributed by atoms with van der Waals surface area (Å²) in [6, 6.07) is 86.0. The van der Waals surface area contributed by atoms with E-state index in [4.69, 9.17) is 9.97 Å². The van der Waals surface area contributed by atoms with E-state index < -0.39 is 0 Å². The fourth-order valence-electron chi connectivity index (χ4n) is 8.40. The zero-order valence-corrected chi connectivity index (χ0v) is 33.0. The zero-order chi connectivity index (χ0) is 40.1. The topological polar surface area (TPSA) is 25.8 Å². The van der Waals surface area contributed by atoms with Gasteiger partial charge in [-0.1, -0.05) is 218 Å². The largest absolute Gasteiger partial charge is 0.248 e. The van der Waals surface area contributed by atoms with Gasteiger partial charge in [-0.25, -0.2) is 9.97 Å². The van der Waals surface area contributed by atoms with Crippen molar-refractivity contribution in [1.29, 1.82) is 0 Å². The number of pyridine rings is 2. The second kappa shape index (κ2) is 16.5. The molecular formula is C58H40N2. The highest BCUT2D eigenvalue weighted by Gasteiger charge is 2.24. The van der Waals surface area contributed by atoms with Crippen molar-refractivity contribution in [2.45, 2.75) is 0 Å². The van der Waals surface area contributed by atoms with E-state index >= 15 is 0 Å². The third-order valence-corrected chi connectivity index (χ3v) is 11.2. The Kier molecular flexibility index (Phi) is 10.0. The molecule has 0 aliphatic carbocycles. The Morgan fingerprint density at radius 2 is 0.433 bits per heavy atom. The van der Waals surface area contributed by atoms with Gasteiger partial charge >= 0.3 is 0 Å². The van der Waals surface area contributed by atoms with Crippen molar-refractivity contribution in [1.82, 2.24) is 9.97 Å². The van der Waals surface area contributed by atoms with Crippen LogP contribution >= 0.6 is 0 Å². The molecule has 0 N–H and O–H groups in total. The van der Waals surface area contributed by atoms with Gasteiger partial charge in [0, 0.05) is 22.3 Å². The van der Waals surface area contributed by atoms with Gasteiger partial charge in [-0.3, -0.25) is 0 Å². The van der Waals surface area contributed by atoms with Crippen molar-refractivity contribution in [2.75, 3.05) is 0 Å². The van der Waals surface area contributed by atoms with Crippen LogP contribution in [0.3, 0.4) is 0 Å². The van der Waals surface area contributed by atoms with Gasteiger partial charge in [0.05, 0.1) is 22.8 Å². The molecule has 0 amide bonds. The zero-order valence-electron chi connectivity index (χ0n) is 33.0. The number of hydrogen-bond donors (Lipinski definition) is 0. The second-order valence-corrected chi connectivity index (χ2v) is 14.8. The molecule has 10 rings (SSSR count). The lowest BCUT2D eigenvalue weighted by molar-refractivity contribution is 1.32. The third kappa shape index (κ3) is 7.12. The molecule has 282 valence electrons. The lowest BCUT2D eigenvalue weighted by Gasteiger charge is -2.24. The molecule has 10 aromatic rings. The maximum Gasteiger partial charge on any atom is 0.0715 e. The van der Waals surface area contributed by atoms with Gasteiger partial charge < -0.3 is 0 Å². The van der Waals surface area contributed by atoms with Gasteiger partial charge in [-0.15, -0.1) is 0 Å². The highest BCUT2D eigenvalue weighted by molar-refractivity contribution is 6.07. The third-order valence-electron chi connectivity index (χ3n) is 11.2. The minimum atomic E-state index is 0.925. The fraction of sp³-hybridized carbons (Fsp3) is 0. The number of nitrogens with zero attached hydrogens (tertiary/aromatic N) is 2. The molecular weight excluding hydrogens is 725 g/mol. The van der Waals surface area contributed by atoms with Crippen molar-refractivity contribution < 1.29 is 0 Å². The minimum absolute atomic E-state index is 0.925. The first-order chi connectivity index (χ1) is 29.8. The van der Waals surface area contributed by atoms with Crippen LogP contribution in [0.15, 0.2) is 243 Å². The Balaban J connectivity index is 1.26. The molecule has 0 bridgehead atoms. The molecule has 0 aliphatic rings. The van der Waals surface area contributed by atoms with Crippen LogP contribution in [0.5, 0.6) is 0 Å². The Hall–Kier alpha value is -7.94. The van der Waals surface area contributed by atoms with Gasteiger partial charge in [-0.05, 0) is 79.9 Å². The van der Waals surface area contributed by atoms with Crippen LogP contribution in [0.2, 0.25) is 0 Å². The molecule has 2 nitrogen and oxygen atoms in total. The smallest absolute Gasteiger partial charge is 0.0715 e. The van der Waals surface area contributed by atoms with Crippen molar-refractivity contribution in [3.8, 4) is 101 Å². The van der Waals surface area contributed by atoms with E-state index in [2.05, 4.69) is 231 Å². The highest BCUT2D eigenvalue weighted by Crippen LogP contribution is 2.50. The van der Waals surface area contributed by atoms with Gasteiger partial charge in [0.25, 0.3) is 0 Å². The lowest BCUT2D eigenvalue weighted by atomic mass is 9.79. The highest BCUT2D eigenvalue weighted by atomic mass is 14.7. The van der Waals surface area contributed by atoms with E-state index in [1.54, 1.807) is 0 Å². The molecule has 0 spiro atoms. The van der Waals surface area contributed by atoms with Gasteiger partial charge in [-0.2, -0.15) is 0 Å². The Morgan fingerprint density at radius 3 is 0.817 bits per heavy atom. The normalized spacial score (nSPS) is 11.0. The van der Waals surface area contributed by atoms with Crippen molar-refractivity contribution in [3.05, 3.63) is 243 Å². The van der Waals surface area contributed by atoms with Crippen LogP contribution in [0.25, 0.3) is 101 Å². The van der Waals surface area contributed by atoms with E-state index in [1.807, 2.05) is 12.1 Å². The predicted octanol–water partition coefficient (Wildman–Crippen LogP) is 15.5. The van der Waals surface area contributed by atoms with E-state index in [9.17, 15) is 0 Å². The molecule has 2 aromatic heterocycles. The van der Waals surface area contributed by atoms with Crippen molar-refractivity contribution in [3.63, 3.8) is 0 Å². The molecule has 8 aromatic carbocycles. The second-order valence-electron chi connectivity index (χ2n) is 14.8. The quantitative estimate of drug-likeness (QED) is 0.146. The molecule has 0 fully saturated rings. The number of benzene rings is 8. The SMILES string of the molecule is c1ccc(-c2cccc(-c3ccccc3-c3cccc(-c4ccccc4)c3-c3c(-c4ccccc4)cccc3-c3ccccc3-c3cccc(-c4ccccc4)n3)n2)cc1. The summed E-state index contributed by atoms with van der Waals surface area (Å²) in [5, 5.41) is 0. The Labute approximate surface area is 351 Å². The summed E-state index contributed by atoms with van der Waals surface area (Å²) in [5.74, 6) is 0. The van der Waals surface area contributed by atoms with E-state index in [0.717, 1.165) is 101 Å². The molecule has 0 saturated carbocycles. The first-order valence-corrected chi connectivity index (χ1v) is 20.4. The molecule has 2 heteroatoms. The molecule has 0 saturated heterocycles. The Morgan fingerprint density at radius 1 is 0.167 bits per heavy atom. The van der Waals surface area contributed by atoms with Crippen molar-refractivity contribution in [2.24, 2.45) is 0 Å². The average Bonchev–Trinajstić information content (AvgIpc) is 3.35. The first-order valence-electron chi connectivity index (χ1n) is 20.4.